The van der Waals surface area contributed by atoms with Crippen LogP contribution >= 0.6 is 0 Å². The van der Waals surface area contributed by atoms with Crippen LogP contribution in [0.2, 0.25) is 0 Å². The van der Waals surface area contributed by atoms with Crippen molar-refractivity contribution in [3.05, 3.63) is 59.5 Å². The average molecular weight is 278 g/mol. The number of nitrogens with one attached hydrogen (secondary N) is 1. The predicted octanol–water partition coefficient (Wildman–Crippen LogP) is 3.36. The molecular weight excluding hydrogens is 260 g/mol. The monoisotopic (exact) mass is 278 g/mol. The van der Waals surface area contributed by atoms with Crippen LogP contribution < -0.4 is 5.32 Å². The van der Waals surface area contributed by atoms with Crippen LogP contribution in [0.3, 0.4) is 0 Å². The maximum absolute atomic E-state index is 4.70. The van der Waals surface area contributed by atoms with Crippen LogP contribution in [0.1, 0.15) is 24.0 Å². The fraction of sp³-hybridized carbons (Fsp3) is 0.235. The molecule has 106 valence electrons. The zero-order valence-corrected chi connectivity index (χ0v) is 12.3. The van der Waals surface area contributed by atoms with Crippen molar-refractivity contribution in [1.82, 2.24) is 15.0 Å². The molecule has 1 aromatic carbocycles. The quantitative estimate of drug-likeness (QED) is 0.795. The number of pyridine rings is 1. The molecule has 0 spiro atoms. The van der Waals surface area contributed by atoms with E-state index in [0.29, 0.717) is 12.4 Å². The van der Waals surface area contributed by atoms with Gasteiger partial charge in [0, 0.05) is 29.7 Å². The number of anilines is 1. The van der Waals surface area contributed by atoms with E-state index in [0.717, 1.165) is 34.5 Å². The molecule has 4 heteroatoms. The van der Waals surface area contributed by atoms with E-state index in [1.165, 1.54) is 0 Å². The Morgan fingerprint density at radius 3 is 2.67 bits per heavy atom. The van der Waals surface area contributed by atoms with Gasteiger partial charge in [-0.05, 0) is 32.0 Å². The van der Waals surface area contributed by atoms with E-state index in [-0.39, 0.29) is 0 Å². The van der Waals surface area contributed by atoms with Gasteiger partial charge in [-0.3, -0.25) is 4.98 Å². The summed E-state index contributed by atoms with van der Waals surface area (Å²) in [7, 11) is 0. The molecule has 0 saturated heterocycles. The zero-order valence-electron chi connectivity index (χ0n) is 12.3. The van der Waals surface area contributed by atoms with Gasteiger partial charge in [-0.1, -0.05) is 24.3 Å². The van der Waals surface area contributed by atoms with Crippen LogP contribution in [0.25, 0.3) is 10.9 Å². The Kier molecular flexibility index (Phi) is 3.77. The first-order valence-corrected chi connectivity index (χ1v) is 7.17. The van der Waals surface area contributed by atoms with Crippen molar-refractivity contribution >= 4 is 16.9 Å². The Bertz CT molecular complexity index is 768. The molecule has 2 aromatic heterocycles. The van der Waals surface area contributed by atoms with Gasteiger partial charge in [0.15, 0.2) is 0 Å². The Morgan fingerprint density at radius 2 is 1.81 bits per heavy atom. The second-order valence-electron chi connectivity index (χ2n) is 5.03. The van der Waals surface area contributed by atoms with Gasteiger partial charge < -0.3 is 5.32 Å². The Balaban J connectivity index is 1.90. The maximum atomic E-state index is 4.70. The lowest BCUT2D eigenvalue weighted by molar-refractivity contribution is 0.965. The van der Waals surface area contributed by atoms with E-state index in [4.69, 9.17) is 4.98 Å². The Hall–Kier alpha value is -2.49. The SMILES string of the molecule is CCNc1nc(C)cc(Cc2ccc3ccccc3n2)n1. The summed E-state index contributed by atoms with van der Waals surface area (Å²) < 4.78 is 0. The second kappa shape index (κ2) is 5.87. The van der Waals surface area contributed by atoms with Gasteiger partial charge in [0.25, 0.3) is 0 Å². The molecule has 0 fully saturated rings. The summed E-state index contributed by atoms with van der Waals surface area (Å²) in [6.45, 7) is 4.84. The molecule has 0 aliphatic carbocycles. The third kappa shape index (κ3) is 3.16. The number of rotatable bonds is 4. The van der Waals surface area contributed by atoms with Crippen molar-refractivity contribution in [3.63, 3.8) is 0 Å². The molecule has 3 rings (SSSR count). The van der Waals surface area contributed by atoms with Gasteiger partial charge in [0.05, 0.1) is 11.2 Å². The average Bonchev–Trinajstić information content (AvgIpc) is 2.47. The highest BCUT2D eigenvalue weighted by atomic mass is 15.1. The number of aromatic nitrogens is 3. The summed E-state index contributed by atoms with van der Waals surface area (Å²) in [5.74, 6) is 0.688. The van der Waals surface area contributed by atoms with Crippen molar-refractivity contribution < 1.29 is 0 Å². The minimum atomic E-state index is 0.688. The maximum Gasteiger partial charge on any atom is 0.223 e. The van der Waals surface area contributed by atoms with Crippen LogP contribution in [0.4, 0.5) is 5.95 Å². The molecule has 0 aliphatic rings. The molecule has 0 bridgehead atoms. The number of benzene rings is 1. The number of hydrogen-bond acceptors (Lipinski definition) is 4. The number of nitrogens with zero attached hydrogens (tertiary/aromatic N) is 3. The van der Waals surface area contributed by atoms with Crippen LogP contribution in [-0.2, 0) is 6.42 Å². The van der Waals surface area contributed by atoms with Crippen molar-refractivity contribution in [1.29, 1.82) is 0 Å². The van der Waals surface area contributed by atoms with Crippen LogP contribution in [-0.4, -0.2) is 21.5 Å². The molecule has 0 aliphatic heterocycles. The van der Waals surface area contributed by atoms with Crippen LogP contribution in [0.15, 0.2) is 42.5 Å². The summed E-state index contributed by atoms with van der Waals surface area (Å²) in [5, 5.41) is 4.32. The Morgan fingerprint density at radius 1 is 0.952 bits per heavy atom. The topological polar surface area (TPSA) is 50.7 Å². The molecule has 3 aromatic rings. The van der Waals surface area contributed by atoms with E-state index in [1.54, 1.807) is 0 Å². The van der Waals surface area contributed by atoms with E-state index in [9.17, 15) is 0 Å². The molecule has 1 N–H and O–H groups in total. The summed E-state index contributed by atoms with van der Waals surface area (Å²) >= 11 is 0. The fourth-order valence-corrected chi connectivity index (χ4v) is 2.35. The molecule has 0 atom stereocenters. The van der Waals surface area contributed by atoms with Crippen LogP contribution in [0.5, 0.6) is 0 Å². The largest absolute Gasteiger partial charge is 0.354 e. The predicted molar refractivity (Wildman–Crippen MR) is 85.5 cm³/mol. The normalized spacial score (nSPS) is 10.8. The molecule has 0 unspecified atom stereocenters. The van der Waals surface area contributed by atoms with E-state index in [1.807, 2.05) is 38.1 Å². The van der Waals surface area contributed by atoms with E-state index >= 15 is 0 Å². The minimum Gasteiger partial charge on any atom is -0.354 e. The molecule has 21 heavy (non-hydrogen) atoms. The van der Waals surface area contributed by atoms with Crippen molar-refractivity contribution in [2.24, 2.45) is 0 Å². The fourth-order valence-electron chi connectivity index (χ4n) is 2.35. The van der Waals surface area contributed by atoms with E-state index in [2.05, 4.69) is 33.5 Å². The minimum absolute atomic E-state index is 0.688. The zero-order chi connectivity index (χ0) is 14.7. The molecular formula is C17H18N4. The lowest BCUT2D eigenvalue weighted by Gasteiger charge is -2.07. The summed E-state index contributed by atoms with van der Waals surface area (Å²) in [6, 6.07) is 14.3. The first-order valence-electron chi connectivity index (χ1n) is 7.17. The smallest absolute Gasteiger partial charge is 0.223 e. The molecule has 0 saturated carbocycles. The molecule has 2 heterocycles. The lowest BCUT2D eigenvalue weighted by Crippen LogP contribution is -2.06. The highest BCUT2D eigenvalue weighted by Gasteiger charge is 2.05. The number of fused-ring (bicyclic) bond motifs is 1. The first-order chi connectivity index (χ1) is 10.2. The Labute approximate surface area is 124 Å². The lowest BCUT2D eigenvalue weighted by atomic mass is 10.1. The van der Waals surface area contributed by atoms with Gasteiger partial charge in [-0.2, -0.15) is 0 Å². The summed E-state index contributed by atoms with van der Waals surface area (Å²) in [6.07, 6.45) is 0.715. The highest BCUT2D eigenvalue weighted by molar-refractivity contribution is 5.78. The van der Waals surface area contributed by atoms with Crippen molar-refractivity contribution in [3.8, 4) is 0 Å². The molecule has 0 amide bonds. The number of hydrogen-bond donors (Lipinski definition) is 1. The third-order valence-corrected chi connectivity index (χ3v) is 3.26. The van der Waals surface area contributed by atoms with Crippen molar-refractivity contribution in [2.45, 2.75) is 20.3 Å². The first kappa shape index (κ1) is 13.5. The van der Waals surface area contributed by atoms with E-state index < -0.39 is 0 Å². The van der Waals surface area contributed by atoms with Gasteiger partial charge >= 0.3 is 0 Å². The third-order valence-electron chi connectivity index (χ3n) is 3.26. The standard InChI is InChI=1S/C17H18N4/c1-3-18-17-19-12(2)10-15(21-17)11-14-9-8-13-6-4-5-7-16(13)20-14/h4-10H,3,11H2,1-2H3,(H,18,19,21). The second-order valence-corrected chi connectivity index (χ2v) is 5.03. The summed E-state index contributed by atoms with van der Waals surface area (Å²) in [5.41, 5.74) is 4.00. The van der Waals surface area contributed by atoms with Gasteiger partial charge in [0.2, 0.25) is 5.95 Å². The number of para-hydroxylation sites is 1. The molecule has 4 nitrogen and oxygen atoms in total. The summed E-state index contributed by atoms with van der Waals surface area (Å²) in [4.78, 5) is 13.6. The van der Waals surface area contributed by atoms with Gasteiger partial charge in [0.1, 0.15) is 0 Å². The number of aryl methyl sites for hydroxylation is 1. The van der Waals surface area contributed by atoms with Crippen LogP contribution in [0, 0.1) is 6.92 Å². The highest BCUT2D eigenvalue weighted by Crippen LogP contribution is 2.15. The molecule has 0 radical (unpaired) electrons. The van der Waals surface area contributed by atoms with Gasteiger partial charge in [-0.15, -0.1) is 0 Å². The van der Waals surface area contributed by atoms with Crippen molar-refractivity contribution in [2.75, 3.05) is 11.9 Å². The van der Waals surface area contributed by atoms with Gasteiger partial charge in [-0.25, -0.2) is 9.97 Å².